The second-order valence-electron chi connectivity index (χ2n) is 5.07. The minimum absolute atomic E-state index is 0.179. The highest BCUT2D eigenvalue weighted by molar-refractivity contribution is 6.05. The summed E-state index contributed by atoms with van der Waals surface area (Å²) >= 11 is 0. The fraction of sp³-hybridized carbons (Fsp3) is 0.188. The molecule has 1 fully saturated rings. The van der Waals surface area contributed by atoms with Crippen molar-refractivity contribution < 1.29 is 9.18 Å². The van der Waals surface area contributed by atoms with E-state index >= 15 is 0 Å². The average molecular weight is 270 g/mol. The molecule has 0 aliphatic carbocycles. The van der Waals surface area contributed by atoms with Crippen molar-refractivity contribution >= 4 is 11.6 Å². The molecule has 20 heavy (non-hydrogen) atoms. The summed E-state index contributed by atoms with van der Waals surface area (Å²) < 4.78 is 13.3. The lowest BCUT2D eigenvalue weighted by Gasteiger charge is -2.45. The van der Waals surface area contributed by atoms with Gasteiger partial charge in [-0.2, -0.15) is 0 Å². The molecule has 3 nitrogen and oxygen atoms in total. The van der Waals surface area contributed by atoms with Gasteiger partial charge < -0.3 is 10.6 Å². The van der Waals surface area contributed by atoms with Crippen molar-refractivity contribution in [3.05, 3.63) is 65.5 Å². The van der Waals surface area contributed by atoms with Crippen LogP contribution >= 0.6 is 0 Å². The third kappa shape index (κ3) is 1.98. The number of anilines is 1. The Balaban J connectivity index is 1.97. The molecule has 1 aliphatic heterocycles. The first-order valence-electron chi connectivity index (χ1n) is 6.49. The Hall–Kier alpha value is -2.20. The summed E-state index contributed by atoms with van der Waals surface area (Å²) in [6, 6.07) is 13.1. The number of amides is 1. The molecule has 102 valence electrons. The maximum atomic E-state index is 13.3. The highest BCUT2D eigenvalue weighted by Crippen LogP contribution is 2.38. The van der Waals surface area contributed by atoms with Gasteiger partial charge in [-0.15, -0.1) is 0 Å². The highest BCUT2D eigenvalue weighted by atomic mass is 19.1. The topological polar surface area (TPSA) is 46.3 Å². The summed E-state index contributed by atoms with van der Waals surface area (Å²) in [7, 11) is 0. The summed E-state index contributed by atoms with van der Waals surface area (Å²) in [5, 5.41) is 0. The zero-order valence-electron chi connectivity index (χ0n) is 11.1. The Bertz CT molecular complexity index is 654. The predicted octanol–water partition coefficient (Wildman–Crippen LogP) is 2.55. The van der Waals surface area contributed by atoms with Gasteiger partial charge >= 0.3 is 0 Å². The number of nitrogens with zero attached hydrogens (tertiary/aromatic N) is 1. The molecule has 0 spiro atoms. The molecular weight excluding hydrogens is 255 g/mol. The standard InChI is InChI=1S/C16H15FN2O/c1-10-5-7-11(8-6-10)15-14(18)16(20)19(15)13-4-2-3-12(17)9-13/h2-9,14-15H,18H2,1H3/t14-,15-/m1/s1. The van der Waals surface area contributed by atoms with E-state index < -0.39 is 6.04 Å². The predicted molar refractivity (Wildman–Crippen MR) is 75.8 cm³/mol. The summed E-state index contributed by atoms with van der Waals surface area (Å²) in [6.45, 7) is 2.00. The number of hydrogen-bond donors (Lipinski definition) is 1. The van der Waals surface area contributed by atoms with Crippen LogP contribution in [0.5, 0.6) is 0 Å². The Morgan fingerprint density at radius 2 is 1.85 bits per heavy atom. The molecular formula is C16H15FN2O. The van der Waals surface area contributed by atoms with Gasteiger partial charge in [0.1, 0.15) is 11.9 Å². The van der Waals surface area contributed by atoms with Gasteiger partial charge in [-0.1, -0.05) is 35.9 Å². The fourth-order valence-electron chi connectivity index (χ4n) is 2.55. The monoisotopic (exact) mass is 270 g/mol. The van der Waals surface area contributed by atoms with E-state index in [4.69, 9.17) is 5.73 Å². The first-order valence-corrected chi connectivity index (χ1v) is 6.49. The molecule has 0 bridgehead atoms. The smallest absolute Gasteiger partial charge is 0.247 e. The summed E-state index contributed by atoms with van der Waals surface area (Å²) in [4.78, 5) is 13.6. The van der Waals surface area contributed by atoms with Crippen molar-refractivity contribution in [2.24, 2.45) is 5.73 Å². The minimum Gasteiger partial charge on any atom is -0.318 e. The number of carbonyl (C=O) groups is 1. The van der Waals surface area contributed by atoms with Crippen LogP contribution in [0.1, 0.15) is 17.2 Å². The third-order valence-corrected chi connectivity index (χ3v) is 3.65. The number of benzene rings is 2. The second-order valence-corrected chi connectivity index (χ2v) is 5.07. The van der Waals surface area contributed by atoms with Crippen LogP contribution in [-0.2, 0) is 4.79 Å². The molecule has 0 aromatic heterocycles. The molecule has 0 saturated carbocycles. The van der Waals surface area contributed by atoms with Crippen LogP contribution in [0.25, 0.3) is 0 Å². The Kier molecular flexibility index (Phi) is 3.03. The average Bonchev–Trinajstić information content (AvgIpc) is 2.45. The highest BCUT2D eigenvalue weighted by Gasteiger charge is 2.46. The molecule has 0 unspecified atom stereocenters. The molecule has 3 rings (SSSR count). The quantitative estimate of drug-likeness (QED) is 0.852. The van der Waals surface area contributed by atoms with Crippen molar-refractivity contribution in [1.82, 2.24) is 0 Å². The molecule has 1 saturated heterocycles. The minimum atomic E-state index is -0.569. The molecule has 4 heteroatoms. The lowest BCUT2D eigenvalue weighted by molar-refractivity contribution is -0.126. The molecule has 1 heterocycles. The molecule has 2 aromatic carbocycles. The lowest BCUT2D eigenvalue weighted by atomic mass is 9.88. The number of nitrogens with two attached hydrogens (primary N) is 1. The fourth-order valence-corrected chi connectivity index (χ4v) is 2.55. The molecule has 1 aliphatic rings. The largest absolute Gasteiger partial charge is 0.318 e. The van der Waals surface area contributed by atoms with E-state index in [-0.39, 0.29) is 17.8 Å². The Labute approximate surface area is 116 Å². The van der Waals surface area contributed by atoms with Gasteiger partial charge in [0.05, 0.1) is 6.04 Å². The SMILES string of the molecule is Cc1ccc([C@@H]2[C@@H](N)C(=O)N2c2cccc(F)c2)cc1. The zero-order valence-corrected chi connectivity index (χ0v) is 11.1. The van der Waals surface area contributed by atoms with Crippen LogP contribution in [0.4, 0.5) is 10.1 Å². The maximum absolute atomic E-state index is 13.3. The summed E-state index contributed by atoms with van der Waals surface area (Å²) in [5.74, 6) is -0.542. The second kappa shape index (κ2) is 4.72. The van der Waals surface area contributed by atoms with Gasteiger partial charge in [-0.05, 0) is 30.7 Å². The number of rotatable bonds is 2. The summed E-state index contributed by atoms with van der Waals surface area (Å²) in [6.07, 6.45) is 0. The number of β-lactam (4-membered cyclic amide) rings is 1. The number of carbonyl (C=O) groups excluding carboxylic acids is 1. The maximum Gasteiger partial charge on any atom is 0.247 e. The Morgan fingerprint density at radius 1 is 1.15 bits per heavy atom. The first kappa shape index (κ1) is 12.8. The zero-order chi connectivity index (χ0) is 14.3. The normalized spacial score (nSPS) is 21.8. The van der Waals surface area contributed by atoms with Gasteiger partial charge in [0.15, 0.2) is 0 Å². The van der Waals surface area contributed by atoms with Crippen molar-refractivity contribution in [2.45, 2.75) is 19.0 Å². The van der Waals surface area contributed by atoms with Crippen molar-refractivity contribution in [2.75, 3.05) is 4.90 Å². The molecule has 2 N–H and O–H groups in total. The van der Waals surface area contributed by atoms with Crippen molar-refractivity contribution in [3.63, 3.8) is 0 Å². The molecule has 2 aromatic rings. The summed E-state index contributed by atoms with van der Waals surface area (Å²) in [5.41, 5.74) is 8.57. The van der Waals surface area contributed by atoms with Gasteiger partial charge in [0.25, 0.3) is 0 Å². The first-order chi connectivity index (χ1) is 9.58. The third-order valence-electron chi connectivity index (χ3n) is 3.65. The van der Waals surface area contributed by atoms with Crippen molar-refractivity contribution in [3.8, 4) is 0 Å². The van der Waals surface area contributed by atoms with E-state index in [1.807, 2.05) is 31.2 Å². The van der Waals surface area contributed by atoms with Crippen LogP contribution in [0.15, 0.2) is 48.5 Å². The number of halogens is 1. The van der Waals surface area contributed by atoms with Gasteiger partial charge in [-0.3, -0.25) is 4.79 Å². The number of hydrogen-bond acceptors (Lipinski definition) is 2. The van der Waals surface area contributed by atoms with E-state index in [0.29, 0.717) is 5.69 Å². The van der Waals surface area contributed by atoms with Crippen molar-refractivity contribution in [1.29, 1.82) is 0 Å². The van der Waals surface area contributed by atoms with E-state index in [1.165, 1.54) is 12.1 Å². The van der Waals surface area contributed by atoms with Crippen LogP contribution in [0.3, 0.4) is 0 Å². The molecule has 2 atom stereocenters. The number of aryl methyl sites for hydroxylation is 1. The molecule has 1 amide bonds. The van der Waals surface area contributed by atoms with Crippen LogP contribution in [-0.4, -0.2) is 11.9 Å². The van der Waals surface area contributed by atoms with Gasteiger partial charge in [-0.25, -0.2) is 4.39 Å². The van der Waals surface area contributed by atoms with Crippen LogP contribution in [0.2, 0.25) is 0 Å². The molecule has 0 radical (unpaired) electrons. The van der Waals surface area contributed by atoms with E-state index in [9.17, 15) is 9.18 Å². The van der Waals surface area contributed by atoms with Gasteiger partial charge in [0, 0.05) is 5.69 Å². The van der Waals surface area contributed by atoms with Crippen LogP contribution < -0.4 is 10.6 Å². The Morgan fingerprint density at radius 3 is 2.50 bits per heavy atom. The van der Waals surface area contributed by atoms with Crippen LogP contribution in [0, 0.1) is 12.7 Å². The van der Waals surface area contributed by atoms with Gasteiger partial charge in [0.2, 0.25) is 5.91 Å². The van der Waals surface area contributed by atoms with E-state index in [1.54, 1.807) is 17.0 Å². The van der Waals surface area contributed by atoms with E-state index in [2.05, 4.69) is 0 Å². The van der Waals surface area contributed by atoms with E-state index in [0.717, 1.165) is 11.1 Å². The lowest BCUT2D eigenvalue weighted by Crippen LogP contribution is -2.63.